The van der Waals surface area contributed by atoms with Gasteiger partial charge in [0.05, 0.1) is 32.5 Å². The third kappa shape index (κ3) is 5.21. The number of ether oxygens (including phenoxy) is 1. The van der Waals surface area contributed by atoms with E-state index in [2.05, 4.69) is 51.8 Å². The van der Waals surface area contributed by atoms with Crippen molar-refractivity contribution in [2.45, 2.75) is 39.5 Å². The van der Waals surface area contributed by atoms with Gasteiger partial charge in [0.2, 0.25) is 0 Å². The number of tetrazole rings is 1. The molecule has 0 spiro atoms. The zero-order valence-corrected chi connectivity index (χ0v) is 18.8. The van der Waals surface area contributed by atoms with Gasteiger partial charge in [-0.15, -0.1) is 16.4 Å². The first-order chi connectivity index (χ1) is 15.1. The molecule has 8 heteroatoms. The molecule has 4 aromatic rings. The molecule has 3 heterocycles. The van der Waals surface area contributed by atoms with Crippen LogP contribution in [0.1, 0.15) is 41.9 Å². The van der Waals surface area contributed by atoms with Crippen molar-refractivity contribution in [1.82, 2.24) is 25.1 Å². The van der Waals surface area contributed by atoms with Crippen molar-refractivity contribution in [2.24, 2.45) is 5.92 Å². The number of rotatable bonds is 10. The number of hydrogen-bond donors (Lipinski definition) is 0. The number of methoxy groups -OCH3 is 1. The molecule has 0 amide bonds. The molecule has 0 aliphatic heterocycles. The molecule has 162 valence electrons. The Morgan fingerprint density at radius 2 is 1.94 bits per heavy atom. The van der Waals surface area contributed by atoms with Crippen molar-refractivity contribution in [3.63, 3.8) is 0 Å². The number of benzene rings is 1. The molecule has 3 aromatic heterocycles. The SMILES string of the molecule is COc1ccc(Cn2nnnc2[C@@H](C(C)C)N(Cc2ccco2)Cc2cccs2)cc1. The molecule has 4 rings (SSSR count). The van der Waals surface area contributed by atoms with Crippen molar-refractivity contribution in [1.29, 1.82) is 0 Å². The van der Waals surface area contributed by atoms with E-state index in [1.165, 1.54) is 4.88 Å². The average Bonchev–Trinajstić information content (AvgIpc) is 3.53. The van der Waals surface area contributed by atoms with E-state index in [4.69, 9.17) is 9.15 Å². The molecule has 0 aliphatic carbocycles. The molecule has 0 bridgehead atoms. The smallest absolute Gasteiger partial charge is 0.169 e. The zero-order chi connectivity index (χ0) is 21.6. The maximum atomic E-state index is 5.67. The lowest BCUT2D eigenvalue weighted by molar-refractivity contribution is 0.118. The Morgan fingerprint density at radius 3 is 2.58 bits per heavy atom. The van der Waals surface area contributed by atoms with Crippen LogP contribution in [0.25, 0.3) is 0 Å². The van der Waals surface area contributed by atoms with Crippen LogP contribution in [0.5, 0.6) is 5.75 Å². The summed E-state index contributed by atoms with van der Waals surface area (Å²) >= 11 is 1.76. The van der Waals surface area contributed by atoms with Gasteiger partial charge in [-0.2, -0.15) is 0 Å². The van der Waals surface area contributed by atoms with Crippen molar-refractivity contribution in [3.05, 3.63) is 82.2 Å². The van der Waals surface area contributed by atoms with Crippen LogP contribution in [0, 0.1) is 5.92 Å². The molecular formula is C23H27N5O2S. The lowest BCUT2D eigenvalue weighted by Gasteiger charge is -2.32. The van der Waals surface area contributed by atoms with Crippen LogP contribution in [0.3, 0.4) is 0 Å². The van der Waals surface area contributed by atoms with E-state index in [1.807, 2.05) is 41.1 Å². The molecule has 0 fully saturated rings. The van der Waals surface area contributed by atoms with E-state index in [0.717, 1.165) is 29.4 Å². The fourth-order valence-corrected chi connectivity index (χ4v) is 4.51. The zero-order valence-electron chi connectivity index (χ0n) is 18.0. The number of aromatic nitrogens is 4. The largest absolute Gasteiger partial charge is 0.497 e. The van der Waals surface area contributed by atoms with Gasteiger partial charge in [0, 0.05) is 11.4 Å². The van der Waals surface area contributed by atoms with Gasteiger partial charge < -0.3 is 9.15 Å². The molecule has 1 atom stereocenters. The Kier molecular flexibility index (Phi) is 6.79. The van der Waals surface area contributed by atoms with E-state index >= 15 is 0 Å². The molecule has 0 aliphatic rings. The lowest BCUT2D eigenvalue weighted by atomic mass is 10.0. The van der Waals surface area contributed by atoms with Gasteiger partial charge in [0.1, 0.15) is 11.5 Å². The molecule has 0 saturated carbocycles. The lowest BCUT2D eigenvalue weighted by Crippen LogP contribution is -2.33. The normalized spacial score (nSPS) is 12.5. The second-order valence-electron chi connectivity index (χ2n) is 7.80. The van der Waals surface area contributed by atoms with Crippen molar-refractivity contribution in [3.8, 4) is 5.75 Å². The highest BCUT2D eigenvalue weighted by Gasteiger charge is 2.30. The highest BCUT2D eigenvalue weighted by atomic mass is 32.1. The Labute approximate surface area is 186 Å². The summed E-state index contributed by atoms with van der Waals surface area (Å²) in [5, 5.41) is 14.9. The predicted molar refractivity (Wildman–Crippen MR) is 120 cm³/mol. The van der Waals surface area contributed by atoms with Crippen LogP contribution < -0.4 is 4.74 Å². The van der Waals surface area contributed by atoms with Gasteiger partial charge >= 0.3 is 0 Å². The fraction of sp³-hybridized carbons (Fsp3) is 0.348. The van der Waals surface area contributed by atoms with Crippen LogP contribution in [0.4, 0.5) is 0 Å². The number of furan rings is 1. The summed E-state index contributed by atoms with van der Waals surface area (Å²) in [6, 6.07) is 16.2. The summed E-state index contributed by atoms with van der Waals surface area (Å²) in [5.74, 6) is 2.92. The third-order valence-corrected chi connectivity index (χ3v) is 6.08. The second kappa shape index (κ2) is 9.89. The van der Waals surface area contributed by atoms with Crippen LogP contribution in [0.2, 0.25) is 0 Å². The third-order valence-electron chi connectivity index (χ3n) is 5.22. The number of hydrogen-bond acceptors (Lipinski definition) is 7. The van der Waals surface area contributed by atoms with E-state index in [9.17, 15) is 0 Å². The summed E-state index contributed by atoms with van der Waals surface area (Å²) in [5.41, 5.74) is 1.12. The van der Waals surface area contributed by atoms with Crippen LogP contribution in [-0.2, 0) is 19.6 Å². The standard InChI is InChI=1S/C23H27N5O2S/c1-17(2)22(27(15-20-6-4-12-30-20)16-21-7-5-13-31-21)23-24-25-26-28(23)14-18-8-10-19(29-3)11-9-18/h4-13,17,22H,14-16H2,1-3H3/t22-/m1/s1. The summed E-state index contributed by atoms with van der Waals surface area (Å²) in [6.07, 6.45) is 1.72. The average molecular weight is 438 g/mol. The highest BCUT2D eigenvalue weighted by molar-refractivity contribution is 7.09. The first-order valence-electron chi connectivity index (χ1n) is 10.3. The van der Waals surface area contributed by atoms with Gasteiger partial charge in [-0.25, -0.2) is 4.68 Å². The monoisotopic (exact) mass is 437 g/mol. The Bertz CT molecular complexity index is 1010. The Balaban J connectivity index is 1.63. The molecule has 1 aromatic carbocycles. The molecule has 31 heavy (non-hydrogen) atoms. The Morgan fingerprint density at radius 1 is 1.10 bits per heavy atom. The fourth-order valence-electron chi connectivity index (χ4n) is 3.78. The van der Waals surface area contributed by atoms with Gasteiger partial charge in [0.25, 0.3) is 0 Å². The first kappa shape index (κ1) is 21.3. The van der Waals surface area contributed by atoms with E-state index in [1.54, 1.807) is 24.7 Å². The van der Waals surface area contributed by atoms with Crippen LogP contribution in [-0.4, -0.2) is 32.2 Å². The van der Waals surface area contributed by atoms with Gasteiger partial charge in [-0.3, -0.25) is 4.90 Å². The van der Waals surface area contributed by atoms with Crippen LogP contribution in [0.15, 0.2) is 64.6 Å². The van der Waals surface area contributed by atoms with Gasteiger partial charge in [-0.1, -0.05) is 32.0 Å². The summed E-state index contributed by atoms with van der Waals surface area (Å²) in [6.45, 7) is 6.50. The molecule has 0 N–H and O–H groups in total. The van der Waals surface area contributed by atoms with Crippen LogP contribution >= 0.6 is 11.3 Å². The van der Waals surface area contributed by atoms with E-state index in [0.29, 0.717) is 19.0 Å². The van der Waals surface area contributed by atoms with E-state index < -0.39 is 0 Å². The Hall–Kier alpha value is -2.97. The second-order valence-corrected chi connectivity index (χ2v) is 8.83. The molecule has 0 radical (unpaired) electrons. The number of thiophene rings is 1. The quantitative estimate of drug-likeness (QED) is 0.355. The van der Waals surface area contributed by atoms with Crippen molar-refractivity contribution < 1.29 is 9.15 Å². The topological polar surface area (TPSA) is 69.2 Å². The number of nitrogens with zero attached hydrogens (tertiary/aromatic N) is 5. The van der Waals surface area contributed by atoms with Gasteiger partial charge in [-0.05, 0) is 57.6 Å². The molecule has 7 nitrogen and oxygen atoms in total. The molecule has 0 unspecified atom stereocenters. The first-order valence-corrected chi connectivity index (χ1v) is 11.2. The predicted octanol–water partition coefficient (Wildman–Crippen LogP) is 4.78. The highest BCUT2D eigenvalue weighted by Crippen LogP contribution is 2.31. The summed E-state index contributed by atoms with van der Waals surface area (Å²) < 4.78 is 12.8. The van der Waals surface area contributed by atoms with E-state index in [-0.39, 0.29) is 6.04 Å². The van der Waals surface area contributed by atoms with Crippen molar-refractivity contribution >= 4 is 11.3 Å². The minimum Gasteiger partial charge on any atom is -0.497 e. The minimum atomic E-state index is 0.0282. The molecule has 0 saturated heterocycles. The summed E-state index contributed by atoms with van der Waals surface area (Å²) in [7, 11) is 1.67. The maximum absolute atomic E-state index is 5.67. The maximum Gasteiger partial charge on any atom is 0.169 e. The minimum absolute atomic E-state index is 0.0282. The molecular weight excluding hydrogens is 410 g/mol. The van der Waals surface area contributed by atoms with Gasteiger partial charge in [0.15, 0.2) is 5.82 Å². The van der Waals surface area contributed by atoms with Crippen molar-refractivity contribution in [2.75, 3.05) is 7.11 Å². The summed E-state index contributed by atoms with van der Waals surface area (Å²) in [4.78, 5) is 3.69.